The Morgan fingerprint density at radius 1 is 1.40 bits per heavy atom. The molecule has 0 radical (unpaired) electrons. The van der Waals surface area contributed by atoms with Crippen molar-refractivity contribution in [1.82, 2.24) is 4.90 Å². The molecule has 1 amide bonds. The molecule has 1 aliphatic heterocycles. The maximum atomic E-state index is 12.2. The number of hydrogen-bond donors (Lipinski definition) is 0. The van der Waals surface area contributed by atoms with Crippen molar-refractivity contribution in [2.75, 3.05) is 18.8 Å². The van der Waals surface area contributed by atoms with E-state index in [4.69, 9.17) is 4.42 Å². The molecule has 112 valence electrons. The van der Waals surface area contributed by atoms with Crippen molar-refractivity contribution in [3.8, 4) is 0 Å². The Hall–Kier alpha value is -1.30. The Labute approximate surface area is 119 Å². The van der Waals surface area contributed by atoms with Crippen LogP contribution in [0.4, 0.5) is 0 Å². The summed E-state index contributed by atoms with van der Waals surface area (Å²) in [5, 5.41) is -0.415. The Morgan fingerprint density at radius 2 is 2.00 bits per heavy atom. The second-order valence-corrected chi connectivity index (χ2v) is 8.21. The number of aryl methyl sites for hydroxylation is 2. The van der Waals surface area contributed by atoms with Crippen molar-refractivity contribution in [3.63, 3.8) is 0 Å². The predicted octanol–water partition coefficient (Wildman–Crippen LogP) is 1.79. The molecule has 0 unspecified atom stereocenters. The van der Waals surface area contributed by atoms with Gasteiger partial charge in [0.05, 0.1) is 16.6 Å². The lowest BCUT2D eigenvalue weighted by atomic mass is 10.1. The van der Waals surface area contributed by atoms with Gasteiger partial charge < -0.3 is 9.32 Å². The minimum absolute atomic E-state index is 0.114. The SMILES string of the molecule is Cc1cc(C(=O)N2CC(S(=O)(=O)CC(C)C)C2)c(C)o1. The van der Waals surface area contributed by atoms with Gasteiger partial charge in [0, 0.05) is 13.1 Å². The van der Waals surface area contributed by atoms with E-state index in [0.29, 0.717) is 17.1 Å². The lowest BCUT2D eigenvalue weighted by Crippen LogP contribution is -2.57. The molecular formula is C14H21NO4S. The van der Waals surface area contributed by atoms with Gasteiger partial charge in [-0.2, -0.15) is 0 Å². The normalized spacial score (nSPS) is 16.6. The van der Waals surface area contributed by atoms with Crippen LogP contribution in [0.3, 0.4) is 0 Å². The molecule has 0 N–H and O–H groups in total. The van der Waals surface area contributed by atoms with Crippen molar-refractivity contribution in [3.05, 3.63) is 23.2 Å². The van der Waals surface area contributed by atoms with Gasteiger partial charge in [-0.15, -0.1) is 0 Å². The highest BCUT2D eigenvalue weighted by Gasteiger charge is 2.40. The average molecular weight is 299 g/mol. The van der Waals surface area contributed by atoms with Gasteiger partial charge in [-0.25, -0.2) is 8.42 Å². The summed E-state index contributed by atoms with van der Waals surface area (Å²) < 4.78 is 29.4. The first-order valence-corrected chi connectivity index (χ1v) is 8.50. The molecule has 2 heterocycles. The number of likely N-dealkylation sites (tertiary alicyclic amines) is 1. The van der Waals surface area contributed by atoms with Crippen LogP contribution in [0.2, 0.25) is 0 Å². The van der Waals surface area contributed by atoms with Gasteiger partial charge >= 0.3 is 0 Å². The van der Waals surface area contributed by atoms with Gasteiger partial charge in [0.15, 0.2) is 9.84 Å². The van der Waals surface area contributed by atoms with Crippen molar-refractivity contribution in [2.24, 2.45) is 5.92 Å². The molecule has 0 bridgehead atoms. The summed E-state index contributed by atoms with van der Waals surface area (Å²) in [5.74, 6) is 1.43. The second kappa shape index (κ2) is 5.24. The fourth-order valence-corrected chi connectivity index (χ4v) is 4.46. The zero-order valence-electron chi connectivity index (χ0n) is 12.3. The third kappa shape index (κ3) is 2.90. The number of carbonyl (C=O) groups excluding carboxylic acids is 1. The minimum atomic E-state index is -3.09. The van der Waals surface area contributed by atoms with Crippen LogP contribution >= 0.6 is 0 Å². The average Bonchev–Trinajstić information content (AvgIpc) is 2.52. The number of nitrogens with zero attached hydrogens (tertiary/aromatic N) is 1. The van der Waals surface area contributed by atoms with E-state index in [0.717, 1.165) is 0 Å². The molecule has 0 aliphatic carbocycles. The number of hydrogen-bond acceptors (Lipinski definition) is 4. The first-order chi connectivity index (χ1) is 9.20. The summed E-state index contributed by atoms with van der Waals surface area (Å²) in [4.78, 5) is 13.8. The van der Waals surface area contributed by atoms with Gasteiger partial charge in [0.1, 0.15) is 11.5 Å². The molecular weight excluding hydrogens is 278 g/mol. The molecule has 6 heteroatoms. The summed E-state index contributed by atoms with van der Waals surface area (Å²) >= 11 is 0. The Balaban J connectivity index is 2.00. The molecule has 1 fully saturated rings. The number of amides is 1. The molecule has 1 aromatic rings. The van der Waals surface area contributed by atoms with Crippen LogP contribution in [0.15, 0.2) is 10.5 Å². The number of rotatable bonds is 4. The summed E-state index contributed by atoms with van der Waals surface area (Å²) in [7, 11) is -3.09. The third-order valence-electron chi connectivity index (χ3n) is 3.48. The lowest BCUT2D eigenvalue weighted by Gasteiger charge is -2.38. The fraction of sp³-hybridized carbons (Fsp3) is 0.643. The van der Waals surface area contributed by atoms with Crippen molar-refractivity contribution >= 4 is 15.7 Å². The van der Waals surface area contributed by atoms with Crippen LogP contribution in [-0.2, 0) is 9.84 Å². The maximum absolute atomic E-state index is 12.2. The van der Waals surface area contributed by atoms with Crippen molar-refractivity contribution in [1.29, 1.82) is 0 Å². The zero-order chi connectivity index (χ0) is 15.1. The summed E-state index contributed by atoms with van der Waals surface area (Å²) in [6.45, 7) is 7.88. The van der Waals surface area contributed by atoms with Gasteiger partial charge in [-0.3, -0.25) is 4.79 Å². The van der Waals surface area contributed by atoms with E-state index in [1.165, 1.54) is 0 Å². The molecule has 0 spiro atoms. The van der Waals surface area contributed by atoms with Crippen molar-refractivity contribution in [2.45, 2.75) is 32.9 Å². The summed E-state index contributed by atoms with van der Waals surface area (Å²) in [6, 6.07) is 1.70. The van der Waals surface area contributed by atoms with E-state index in [1.807, 2.05) is 13.8 Å². The quantitative estimate of drug-likeness (QED) is 0.850. The Bertz CT molecular complexity index is 609. The largest absolute Gasteiger partial charge is 0.466 e. The third-order valence-corrected chi connectivity index (χ3v) is 5.93. The van der Waals surface area contributed by atoms with E-state index >= 15 is 0 Å². The van der Waals surface area contributed by atoms with Crippen LogP contribution in [0.5, 0.6) is 0 Å². The van der Waals surface area contributed by atoms with Crippen LogP contribution in [0.25, 0.3) is 0 Å². The van der Waals surface area contributed by atoms with Crippen molar-refractivity contribution < 1.29 is 17.6 Å². The highest BCUT2D eigenvalue weighted by molar-refractivity contribution is 7.92. The Morgan fingerprint density at radius 3 is 2.45 bits per heavy atom. The maximum Gasteiger partial charge on any atom is 0.257 e. The van der Waals surface area contributed by atoms with Crippen LogP contribution < -0.4 is 0 Å². The molecule has 5 nitrogen and oxygen atoms in total. The number of carbonyl (C=O) groups is 1. The summed E-state index contributed by atoms with van der Waals surface area (Å²) in [5.41, 5.74) is 0.530. The zero-order valence-corrected chi connectivity index (χ0v) is 13.2. The second-order valence-electron chi connectivity index (χ2n) is 5.88. The van der Waals surface area contributed by atoms with E-state index in [9.17, 15) is 13.2 Å². The first kappa shape index (κ1) is 15.1. The molecule has 1 aliphatic rings. The molecule has 1 aromatic heterocycles. The number of sulfone groups is 1. The Kier molecular flexibility index (Phi) is 3.95. The minimum Gasteiger partial charge on any atom is -0.466 e. The molecule has 1 saturated heterocycles. The lowest BCUT2D eigenvalue weighted by molar-refractivity contribution is 0.0657. The smallest absolute Gasteiger partial charge is 0.257 e. The molecule has 0 atom stereocenters. The van der Waals surface area contributed by atoms with Gasteiger partial charge in [0.25, 0.3) is 5.91 Å². The number of furan rings is 1. The molecule has 0 saturated carbocycles. The molecule has 0 aromatic carbocycles. The van der Waals surface area contributed by atoms with Gasteiger partial charge in [0.2, 0.25) is 0 Å². The standard InChI is InChI=1S/C14H21NO4S/c1-9(2)8-20(17,18)12-6-15(7-12)14(16)13-5-10(3)19-11(13)4/h5,9,12H,6-8H2,1-4H3. The molecule has 2 rings (SSSR count). The monoisotopic (exact) mass is 299 g/mol. The van der Waals surface area contributed by atoms with Gasteiger partial charge in [-0.1, -0.05) is 13.8 Å². The fourth-order valence-electron chi connectivity index (χ4n) is 2.45. The van der Waals surface area contributed by atoms with Gasteiger partial charge in [-0.05, 0) is 25.8 Å². The van der Waals surface area contributed by atoms with E-state index in [1.54, 1.807) is 24.8 Å². The molecule has 20 heavy (non-hydrogen) atoms. The predicted molar refractivity (Wildman–Crippen MR) is 76.5 cm³/mol. The van der Waals surface area contributed by atoms with E-state index < -0.39 is 15.1 Å². The van der Waals surface area contributed by atoms with E-state index in [-0.39, 0.29) is 30.7 Å². The van der Waals surface area contributed by atoms with E-state index in [2.05, 4.69) is 0 Å². The highest BCUT2D eigenvalue weighted by Crippen LogP contribution is 2.23. The highest BCUT2D eigenvalue weighted by atomic mass is 32.2. The first-order valence-electron chi connectivity index (χ1n) is 6.78. The van der Waals surface area contributed by atoms with Crippen LogP contribution in [0.1, 0.15) is 35.7 Å². The summed E-state index contributed by atoms with van der Waals surface area (Å²) in [6.07, 6.45) is 0. The van der Waals surface area contributed by atoms with Crippen LogP contribution in [0, 0.1) is 19.8 Å². The van der Waals surface area contributed by atoms with Crippen LogP contribution in [-0.4, -0.2) is 43.3 Å². The topological polar surface area (TPSA) is 67.6 Å².